The number of tetrazole rings is 1. The smallest absolute Gasteiger partial charge is 0.248 e. The molecule has 1 saturated heterocycles. The summed E-state index contributed by atoms with van der Waals surface area (Å²) in [5, 5.41) is 15.2. The monoisotopic (exact) mass is 383 g/mol. The summed E-state index contributed by atoms with van der Waals surface area (Å²) in [6.07, 6.45) is 0. The van der Waals surface area contributed by atoms with Crippen molar-refractivity contribution in [1.82, 2.24) is 20.2 Å². The highest BCUT2D eigenvalue weighted by Crippen LogP contribution is 2.45. The van der Waals surface area contributed by atoms with Gasteiger partial charge in [-0.15, -0.1) is 33.7 Å². The highest BCUT2D eigenvalue weighted by atomic mass is 32.2. The molecule has 1 aliphatic heterocycles. The Hall–Kier alpha value is -2.32. The second-order valence-electron chi connectivity index (χ2n) is 5.76. The Kier molecular flexibility index (Phi) is 5.21. The first-order valence-electron chi connectivity index (χ1n) is 8.24. The van der Waals surface area contributed by atoms with Crippen molar-refractivity contribution in [2.45, 2.75) is 11.1 Å². The molecule has 0 radical (unpaired) electrons. The fourth-order valence-corrected chi connectivity index (χ4v) is 5.49. The van der Waals surface area contributed by atoms with E-state index in [4.69, 9.17) is 0 Å². The number of carbonyl (C=O) groups is 1. The molecule has 26 heavy (non-hydrogen) atoms. The number of amides is 1. The number of nitrogens with one attached hydrogen (secondary N) is 1. The molecular weight excluding hydrogens is 366 g/mol. The summed E-state index contributed by atoms with van der Waals surface area (Å²) in [6.45, 7) is 0.0248. The molecule has 1 aromatic heterocycles. The summed E-state index contributed by atoms with van der Waals surface area (Å²) >= 11 is 3.89. The highest BCUT2D eigenvalue weighted by molar-refractivity contribution is 8.19. The topological polar surface area (TPSA) is 72.7 Å². The zero-order valence-electron chi connectivity index (χ0n) is 13.9. The second kappa shape index (κ2) is 7.92. The van der Waals surface area contributed by atoms with E-state index in [9.17, 15) is 4.79 Å². The molecule has 0 atom stereocenters. The molecule has 0 saturated carbocycles. The van der Waals surface area contributed by atoms with E-state index >= 15 is 0 Å². The first kappa shape index (κ1) is 17.1. The van der Waals surface area contributed by atoms with Gasteiger partial charge in [-0.2, -0.15) is 4.80 Å². The third kappa shape index (κ3) is 4.08. The first-order chi connectivity index (χ1) is 12.8. The second-order valence-corrected chi connectivity index (χ2v) is 8.48. The van der Waals surface area contributed by atoms with Crippen molar-refractivity contribution in [3.63, 3.8) is 0 Å². The van der Waals surface area contributed by atoms with Gasteiger partial charge < -0.3 is 5.32 Å². The van der Waals surface area contributed by atoms with E-state index in [1.165, 1.54) is 21.9 Å². The van der Waals surface area contributed by atoms with Crippen LogP contribution in [0.2, 0.25) is 0 Å². The van der Waals surface area contributed by atoms with Crippen molar-refractivity contribution in [3.8, 4) is 11.4 Å². The summed E-state index contributed by atoms with van der Waals surface area (Å²) in [6, 6.07) is 17.6. The van der Waals surface area contributed by atoms with E-state index in [-0.39, 0.29) is 12.5 Å². The van der Waals surface area contributed by atoms with E-state index in [1.54, 1.807) is 0 Å². The van der Waals surface area contributed by atoms with Crippen molar-refractivity contribution in [2.24, 2.45) is 0 Å². The number of benzene rings is 2. The van der Waals surface area contributed by atoms with Crippen molar-refractivity contribution in [2.75, 3.05) is 16.8 Å². The summed E-state index contributed by atoms with van der Waals surface area (Å²) in [4.78, 5) is 13.6. The lowest BCUT2D eigenvalue weighted by atomic mass is 10.2. The molecule has 3 aromatic rings. The zero-order chi connectivity index (χ0) is 17.8. The quantitative estimate of drug-likeness (QED) is 0.727. The molecule has 4 rings (SSSR count). The van der Waals surface area contributed by atoms with Gasteiger partial charge in [0.2, 0.25) is 11.7 Å². The van der Waals surface area contributed by atoms with Gasteiger partial charge in [0.25, 0.3) is 0 Å². The van der Waals surface area contributed by atoms with Gasteiger partial charge in [0.05, 0.1) is 4.58 Å². The van der Waals surface area contributed by atoms with Gasteiger partial charge in [-0.25, -0.2) is 0 Å². The van der Waals surface area contributed by atoms with Crippen LogP contribution in [-0.2, 0) is 11.3 Å². The molecule has 0 bridgehead atoms. The summed E-state index contributed by atoms with van der Waals surface area (Å²) in [7, 11) is 0. The van der Waals surface area contributed by atoms with Gasteiger partial charge in [0.1, 0.15) is 6.54 Å². The number of rotatable bonds is 5. The lowest BCUT2D eigenvalue weighted by molar-refractivity contribution is -0.117. The Morgan fingerprint density at radius 3 is 2.73 bits per heavy atom. The molecule has 0 spiro atoms. The van der Waals surface area contributed by atoms with Gasteiger partial charge in [0.15, 0.2) is 0 Å². The predicted octanol–water partition coefficient (Wildman–Crippen LogP) is 3.46. The third-order valence-electron chi connectivity index (χ3n) is 3.83. The predicted molar refractivity (Wildman–Crippen MR) is 106 cm³/mol. The maximum absolute atomic E-state index is 12.3. The summed E-state index contributed by atoms with van der Waals surface area (Å²) < 4.78 is 0.456. The Balaban J connectivity index is 1.40. The van der Waals surface area contributed by atoms with Crippen molar-refractivity contribution in [3.05, 3.63) is 60.2 Å². The van der Waals surface area contributed by atoms with Crippen molar-refractivity contribution in [1.29, 1.82) is 0 Å². The van der Waals surface area contributed by atoms with Gasteiger partial charge >= 0.3 is 0 Å². The number of anilines is 1. The Morgan fingerprint density at radius 2 is 1.92 bits per heavy atom. The third-order valence-corrected chi connectivity index (χ3v) is 6.94. The molecule has 6 nitrogen and oxygen atoms in total. The number of hydrogen-bond donors (Lipinski definition) is 1. The van der Waals surface area contributed by atoms with Crippen LogP contribution in [0.1, 0.15) is 10.1 Å². The minimum Gasteiger partial charge on any atom is -0.324 e. The summed E-state index contributed by atoms with van der Waals surface area (Å²) in [5.74, 6) is 2.68. The van der Waals surface area contributed by atoms with E-state index in [0.29, 0.717) is 10.4 Å². The molecule has 1 fully saturated rings. The Morgan fingerprint density at radius 1 is 1.12 bits per heavy atom. The number of nitrogens with zero attached hydrogens (tertiary/aromatic N) is 4. The average molecular weight is 384 g/mol. The van der Waals surface area contributed by atoms with Gasteiger partial charge in [-0.1, -0.05) is 42.5 Å². The van der Waals surface area contributed by atoms with Crippen LogP contribution in [0.4, 0.5) is 5.69 Å². The minimum atomic E-state index is -0.175. The highest BCUT2D eigenvalue weighted by Gasteiger charge is 2.18. The number of hydrogen-bond acceptors (Lipinski definition) is 6. The molecule has 1 aliphatic rings. The van der Waals surface area contributed by atoms with Crippen LogP contribution < -0.4 is 5.32 Å². The molecule has 1 amide bonds. The zero-order valence-corrected chi connectivity index (χ0v) is 15.5. The number of aromatic nitrogens is 4. The van der Waals surface area contributed by atoms with Gasteiger partial charge in [-0.05, 0) is 22.9 Å². The number of carbonyl (C=O) groups excluding carboxylic acids is 1. The fourth-order valence-electron chi connectivity index (χ4n) is 2.66. The van der Waals surface area contributed by atoms with Crippen LogP contribution >= 0.6 is 23.5 Å². The lowest BCUT2D eigenvalue weighted by Crippen LogP contribution is -2.20. The molecule has 2 heterocycles. The average Bonchev–Trinajstić information content (AvgIpc) is 3.35. The maximum atomic E-state index is 12.3. The van der Waals surface area contributed by atoms with Crippen LogP contribution in [0.5, 0.6) is 0 Å². The van der Waals surface area contributed by atoms with Crippen molar-refractivity contribution >= 4 is 35.1 Å². The Labute approximate surface area is 159 Å². The van der Waals surface area contributed by atoms with Crippen LogP contribution in [0.15, 0.2) is 54.6 Å². The largest absolute Gasteiger partial charge is 0.324 e. The van der Waals surface area contributed by atoms with Crippen LogP contribution in [0, 0.1) is 0 Å². The molecule has 2 aromatic carbocycles. The van der Waals surface area contributed by atoms with Gasteiger partial charge in [0, 0.05) is 22.8 Å². The van der Waals surface area contributed by atoms with Crippen molar-refractivity contribution < 1.29 is 4.79 Å². The molecule has 8 heteroatoms. The van der Waals surface area contributed by atoms with Crippen LogP contribution in [0.3, 0.4) is 0 Å². The SMILES string of the molecule is O=C(Cn1nnc(-c2ccccc2)n1)Nc1cccc(C2SCCS2)c1. The van der Waals surface area contributed by atoms with Gasteiger partial charge in [-0.3, -0.25) is 4.79 Å². The normalized spacial score (nSPS) is 14.5. The molecule has 1 N–H and O–H groups in total. The van der Waals surface area contributed by atoms with Crippen LogP contribution in [0.25, 0.3) is 11.4 Å². The standard InChI is InChI=1S/C18H17N5OS2/c24-16(12-23-21-17(20-22-23)13-5-2-1-3-6-13)19-15-8-4-7-14(11-15)18-25-9-10-26-18/h1-8,11,18H,9-10,12H2,(H,19,24). The lowest BCUT2D eigenvalue weighted by Gasteiger charge is -2.11. The first-order valence-corrected chi connectivity index (χ1v) is 10.3. The molecular formula is C18H17N5OS2. The van der Waals surface area contributed by atoms with Crippen LogP contribution in [-0.4, -0.2) is 37.6 Å². The number of thioether (sulfide) groups is 2. The minimum absolute atomic E-state index is 0.0248. The maximum Gasteiger partial charge on any atom is 0.248 e. The molecule has 0 aliphatic carbocycles. The van der Waals surface area contributed by atoms with E-state index in [0.717, 1.165) is 11.3 Å². The molecule has 0 unspecified atom stereocenters. The Bertz CT molecular complexity index is 893. The summed E-state index contributed by atoms with van der Waals surface area (Å²) in [5.41, 5.74) is 2.91. The van der Waals surface area contributed by atoms with E-state index < -0.39 is 0 Å². The van der Waals surface area contributed by atoms with E-state index in [2.05, 4.69) is 26.8 Å². The van der Waals surface area contributed by atoms with E-state index in [1.807, 2.05) is 72.1 Å². The molecule has 132 valence electrons. The fraction of sp³-hybridized carbons (Fsp3) is 0.222.